The number of Topliss-reactive ketones (excluding diaryl/α,β-unsaturated/α-hetero) is 1. The molecule has 33 heavy (non-hydrogen) atoms. The summed E-state index contributed by atoms with van der Waals surface area (Å²) in [5.41, 5.74) is 0.981. The van der Waals surface area contributed by atoms with E-state index in [-0.39, 0.29) is 22.0 Å². The van der Waals surface area contributed by atoms with Gasteiger partial charge in [0.1, 0.15) is 17.3 Å². The summed E-state index contributed by atoms with van der Waals surface area (Å²) in [4.78, 5) is 32.0. The average molecular weight is 481 g/mol. The number of anilines is 1. The van der Waals surface area contributed by atoms with E-state index in [1.165, 1.54) is 40.5 Å². The van der Waals surface area contributed by atoms with E-state index in [0.29, 0.717) is 20.8 Å². The number of carbonyl (C=O) groups excluding carboxylic acids is 2. The molecule has 2 heterocycles. The Kier molecular flexibility index (Phi) is 5.11. The minimum absolute atomic E-state index is 0.0732. The van der Waals surface area contributed by atoms with Crippen LogP contribution in [0.4, 0.5) is 9.52 Å². The van der Waals surface area contributed by atoms with Crippen molar-refractivity contribution in [1.29, 1.82) is 0 Å². The summed E-state index contributed by atoms with van der Waals surface area (Å²) in [5.74, 6) is -2.83. The maximum atomic E-state index is 13.4. The molecule has 1 fully saturated rings. The van der Waals surface area contributed by atoms with E-state index in [2.05, 4.69) is 4.98 Å². The van der Waals surface area contributed by atoms with Crippen molar-refractivity contribution < 1.29 is 24.2 Å². The van der Waals surface area contributed by atoms with Crippen molar-refractivity contribution in [3.05, 3.63) is 94.3 Å². The first-order valence-electron chi connectivity index (χ1n) is 9.75. The summed E-state index contributed by atoms with van der Waals surface area (Å²) in [6.07, 6.45) is 0. The van der Waals surface area contributed by atoms with Crippen LogP contribution in [0.25, 0.3) is 16.0 Å². The topological polar surface area (TPSA) is 90.7 Å². The zero-order valence-electron chi connectivity index (χ0n) is 16.7. The van der Waals surface area contributed by atoms with Crippen LogP contribution in [0, 0.1) is 5.82 Å². The Morgan fingerprint density at radius 3 is 2.55 bits per heavy atom. The maximum absolute atomic E-state index is 13.4. The monoisotopic (exact) mass is 480 g/mol. The van der Waals surface area contributed by atoms with E-state index in [1.54, 1.807) is 30.3 Å². The van der Waals surface area contributed by atoms with Gasteiger partial charge in [0.05, 0.1) is 21.8 Å². The van der Waals surface area contributed by atoms with Crippen LogP contribution >= 0.6 is 22.9 Å². The second-order valence-electron chi connectivity index (χ2n) is 7.38. The van der Waals surface area contributed by atoms with Crippen LogP contribution in [-0.2, 0) is 9.59 Å². The third-order valence-electron chi connectivity index (χ3n) is 5.29. The van der Waals surface area contributed by atoms with Crippen LogP contribution in [0.15, 0.2) is 72.3 Å². The van der Waals surface area contributed by atoms with Crippen molar-refractivity contribution in [2.75, 3.05) is 4.90 Å². The molecule has 0 radical (unpaired) electrons. The highest BCUT2D eigenvalue weighted by atomic mass is 35.5. The molecule has 1 aromatic heterocycles. The van der Waals surface area contributed by atoms with E-state index < -0.39 is 29.3 Å². The molecule has 1 unspecified atom stereocenters. The lowest BCUT2D eigenvalue weighted by atomic mass is 9.95. The van der Waals surface area contributed by atoms with E-state index in [0.717, 1.165) is 12.1 Å². The fourth-order valence-corrected chi connectivity index (χ4v) is 5.06. The van der Waals surface area contributed by atoms with Crippen LogP contribution in [0.1, 0.15) is 17.2 Å². The highest BCUT2D eigenvalue weighted by Gasteiger charge is 2.48. The zero-order valence-corrected chi connectivity index (χ0v) is 18.3. The molecular weight excluding hydrogens is 467 g/mol. The summed E-state index contributed by atoms with van der Waals surface area (Å²) in [7, 11) is 0. The minimum atomic E-state index is -1.06. The van der Waals surface area contributed by atoms with Crippen LogP contribution in [0.5, 0.6) is 5.75 Å². The number of ketones is 1. The predicted molar refractivity (Wildman–Crippen MR) is 124 cm³/mol. The van der Waals surface area contributed by atoms with Gasteiger partial charge >= 0.3 is 5.91 Å². The third-order valence-corrected chi connectivity index (χ3v) is 6.55. The second kappa shape index (κ2) is 7.99. The molecule has 1 aliphatic heterocycles. The van der Waals surface area contributed by atoms with Gasteiger partial charge in [-0.15, -0.1) is 0 Å². The lowest BCUT2D eigenvalue weighted by molar-refractivity contribution is -0.132. The number of hydrogen-bond acceptors (Lipinski definition) is 6. The van der Waals surface area contributed by atoms with Gasteiger partial charge in [-0.2, -0.15) is 0 Å². The number of aromatic hydroxyl groups is 1. The summed E-state index contributed by atoms with van der Waals surface area (Å²) < 4.78 is 14.1. The largest absolute Gasteiger partial charge is 0.508 e. The highest BCUT2D eigenvalue weighted by molar-refractivity contribution is 7.22. The minimum Gasteiger partial charge on any atom is -0.508 e. The first-order chi connectivity index (χ1) is 15.8. The van der Waals surface area contributed by atoms with Crippen molar-refractivity contribution in [1.82, 2.24) is 4.98 Å². The van der Waals surface area contributed by atoms with Gasteiger partial charge in [-0.05, 0) is 60.2 Å². The number of hydrogen-bond donors (Lipinski definition) is 2. The molecule has 0 bridgehead atoms. The normalized spacial score (nSPS) is 17.8. The molecular formula is C24H14ClFN2O4S. The number of phenols is 1. The second-order valence-corrected chi connectivity index (χ2v) is 8.82. The molecule has 9 heteroatoms. The van der Waals surface area contributed by atoms with Crippen molar-refractivity contribution >= 4 is 55.7 Å². The molecule has 0 saturated carbocycles. The Morgan fingerprint density at radius 1 is 1.06 bits per heavy atom. The lowest BCUT2D eigenvalue weighted by Crippen LogP contribution is -2.29. The van der Waals surface area contributed by atoms with Gasteiger partial charge in [0.2, 0.25) is 0 Å². The number of rotatable bonds is 3. The van der Waals surface area contributed by atoms with E-state index in [1.807, 2.05) is 0 Å². The molecule has 1 aliphatic rings. The number of benzene rings is 3. The lowest BCUT2D eigenvalue weighted by Gasteiger charge is -2.23. The molecule has 4 aromatic rings. The number of nitrogens with zero attached hydrogens (tertiary/aromatic N) is 2. The number of phenolic OH excluding ortho intramolecular Hbond substituents is 1. The summed E-state index contributed by atoms with van der Waals surface area (Å²) in [6, 6.07) is 15.0. The SMILES string of the molecule is O=C1C(=O)N(c2nc3ccc(Cl)cc3s2)C(c2cccc(O)c2)/C1=C(\O)c1ccc(F)cc1. The Bertz CT molecular complexity index is 1470. The standard InChI is InChI=1S/C24H14ClFN2O4S/c25-14-6-9-17-18(11-14)33-24(27-17)28-20(13-2-1-3-16(29)10-13)19(22(31)23(28)32)21(30)12-4-7-15(26)8-5-12/h1-11,20,29-30H/b21-19+. The molecule has 3 aromatic carbocycles. The van der Waals surface area contributed by atoms with Crippen molar-refractivity contribution in [3.63, 3.8) is 0 Å². The molecule has 1 atom stereocenters. The fourth-order valence-electron chi connectivity index (χ4n) is 3.79. The Morgan fingerprint density at radius 2 is 1.82 bits per heavy atom. The highest BCUT2D eigenvalue weighted by Crippen LogP contribution is 2.45. The molecule has 164 valence electrons. The smallest absolute Gasteiger partial charge is 0.301 e. The molecule has 2 N–H and O–H groups in total. The van der Waals surface area contributed by atoms with Crippen molar-refractivity contribution in [3.8, 4) is 5.75 Å². The van der Waals surface area contributed by atoms with Gasteiger partial charge in [-0.3, -0.25) is 14.5 Å². The van der Waals surface area contributed by atoms with E-state index in [9.17, 15) is 24.2 Å². The molecule has 1 amide bonds. The number of carbonyl (C=O) groups is 2. The summed E-state index contributed by atoms with van der Waals surface area (Å²) >= 11 is 7.24. The number of aliphatic hydroxyl groups excluding tert-OH is 1. The van der Waals surface area contributed by atoms with E-state index in [4.69, 9.17) is 11.6 Å². The third kappa shape index (κ3) is 3.63. The fraction of sp³-hybridized carbons (Fsp3) is 0.0417. The Hall–Kier alpha value is -3.75. The number of fused-ring (bicyclic) bond motifs is 1. The van der Waals surface area contributed by atoms with Gasteiger partial charge < -0.3 is 10.2 Å². The summed E-state index contributed by atoms with van der Waals surface area (Å²) in [6.45, 7) is 0. The number of halogens is 2. The number of amides is 1. The van der Waals surface area contributed by atoms with Gasteiger partial charge in [-0.1, -0.05) is 35.1 Å². The Labute approximate surface area is 195 Å². The van der Waals surface area contributed by atoms with Crippen LogP contribution < -0.4 is 4.90 Å². The molecule has 6 nitrogen and oxygen atoms in total. The molecule has 1 saturated heterocycles. The maximum Gasteiger partial charge on any atom is 0.301 e. The quantitative estimate of drug-likeness (QED) is 0.232. The summed E-state index contributed by atoms with van der Waals surface area (Å²) in [5, 5.41) is 21.8. The first kappa shape index (κ1) is 21.1. The molecule has 0 aliphatic carbocycles. The van der Waals surface area contributed by atoms with Crippen LogP contribution in [-0.4, -0.2) is 26.9 Å². The number of aromatic nitrogens is 1. The van der Waals surface area contributed by atoms with Crippen LogP contribution in [0.2, 0.25) is 5.02 Å². The van der Waals surface area contributed by atoms with Gasteiger partial charge in [0.25, 0.3) is 5.78 Å². The van der Waals surface area contributed by atoms with Crippen molar-refractivity contribution in [2.24, 2.45) is 0 Å². The molecule has 0 spiro atoms. The van der Waals surface area contributed by atoms with Gasteiger partial charge in [0.15, 0.2) is 5.13 Å². The number of aliphatic hydroxyl groups is 1. The van der Waals surface area contributed by atoms with Gasteiger partial charge in [0, 0.05) is 10.6 Å². The first-order valence-corrected chi connectivity index (χ1v) is 10.9. The van der Waals surface area contributed by atoms with E-state index >= 15 is 0 Å². The zero-order chi connectivity index (χ0) is 23.3. The molecule has 5 rings (SSSR count). The Balaban J connectivity index is 1.74. The predicted octanol–water partition coefficient (Wildman–Crippen LogP) is 5.42. The van der Waals surface area contributed by atoms with Crippen LogP contribution in [0.3, 0.4) is 0 Å². The number of thiazole rings is 1. The van der Waals surface area contributed by atoms with Crippen molar-refractivity contribution in [2.45, 2.75) is 6.04 Å². The average Bonchev–Trinajstić information content (AvgIpc) is 3.32. The van der Waals surface area contributed by atoms with Gasteiger partial charge in [-0.25, -0.2) is 9.37 Å².